The fourth-order valence-electron chi connectivity index (χ4n) is 1.66. The molecule has 14 heavy (non-hydrogen) atoms. The van der Waals surface area contributed by atoms with E-state index in [0.717, 1.165) is 12.8 Å². The number of rotatable bonds is 4. The van der Waals surface area contributed by atoms with Gasteiger partial charge in [0.25, 0.3) is 0 Å². The predicted molar refractivity (Wildman–Crippen MR) is 55.3 cm³/mol. The van der Waals surface area contributed by atoms with Crippen molar-refractivity contribution in [2.75, 3.05) is 12.4 Å². The van der Waals surface area contributed by atoms with Crippen LogP contribution in [0.1, 0.15) is 32.1 Å². The molecule has 0 radical (unpaired) electrons. The number of Topliss-reactive ketones (excluding diaryl/α,β-unsaturated/α-hetero) is 1. The molecular weight excluding hydrogens is 202 g/mol. The molecule has 0 aromatic rings. The van der Waals surface area contributed by atoms with Crippen LogP contribution in [0.25, 0.3) is 0 Å². The molecule has 0 aromatic heterocycles. The Hall–Kier alpha value is -0.570. The molecule has 4 heteroatoms. The highest BCUT2D eigenvalue weighted by Gasteiger charge is 2.26. The van der Waals surface area contributed by atoms with Gasteiger partial charge in [-0.25, -0.2) is 0 Å². The molecule has 1 N–H and O–H groups in total. The molecule has 1 unspecified atom stereocenters. The molecule has 0 spiro atoms. The van der Waals surface area contributed by atoms with E-state index in [0.29, 0.717) is 31.7 Å². The van der Waals surface area contributed by atoms with Crippen molar-refractivity contribution in [3.8, 4) is 0 Å². The Bertz CT molecular complexity index is 218. The Morgan fingerprint density at radius 1 is 1.50 bits per heavy atom. The molecule has 1 atom stereocenters. The lowest BCUT2D eigenvalue weighted by Gasteiger charge is -2.10. The zero-order valence-electron chi connectivity index (χ0n) is 8.22. The second-order valence-electron chi connectivity index (χ2n) is 3.60. The van der Waals surface area contributed by atoms with Crippen molar-refractivity contribution in [1.29, 1.82) is 0 Å². The van der Waals surface area contributed by atoms with Gasteiger partial charge in [-0.1, -0.05) is 6.42 Å². The molecule has 1 saturated heterocycles. The third-order valence-corrected chi connectivity index (χ3v) is 2.75. The maximum absolute atomic E-state index is 11.6. The van der Waals surface area contributed by atoms with Crippen LogP contribution < -0.4 is 5.32 Å². The van der Waals surface area contributed by atoms with Crippen LogP contribution >= 0.6 is 11.6 Å². The number of carbonyl (C=O) groups excluding carboxylic acids is 2. The molecule has 0 aromatic carbocycles. The van der Waals surface area contributed by atoms with Gasteiger partial charge in [0, 0.05) is 18.8 Å². The summed E-state index contributed by atoms with van der Waals surface area (Å²) in [5.41, 5.74) is 0. The van der Waals surface area contributed by atoms with E-state index in [1.165, 1.54) is 0 Å². The maximum Gasteiger partial charge on any atom is 0.230 e. The van der Waals surface area contributed by atoms with Crippen LogP contribution in [-0.2, 0) is 9.59 Å². The van der Waals surface area contributed by atoms with Gasteiger partial charge in [0.1, 0.15) is 5.78 Å². The minimum atomic E-state index is -0.416. The number of amides is 1. The van der Waals surface area contributed by atoms with Crippen molar-refractivity contribution in [3.05, 3.63) is 0 Å². The summed E-state index contributed by atoms with van der Waals surface area (Å²) in [5.74, 6) is 0.0212. The lowest BCUT2D eigenvalue weighted by Crippen LogP contribution is -2.33. The van der Waals surface area contributed by atoms with Gasteiger partial charge in [-0.2, -0.15) is 0 Å². The number of hydrogen-bond acceptors (Lipinski definition) is 2. The molecule has 1 aliphatic rings. The molecule has 0 saturated carbocycles. The second-order valence-corrected chi connectivity index (χ2v) is 3.98. The molecule has 1 amide bonds. The van der Waals surface area contributed by atoms with Crippen molar-refractivity contribution >= 4 is 23.3 Å². The number of carbonyl (C=O) groups is 2. The molecular formula is C10H16ClNO2. The van der Waals surface area contributed by atoms with Gasteiger partial charge in [0.05, 0.1) is 5.92 Å². The van der Waals surface area contributed by atoms with Gasteiger partial charge >= 0.3 is 0 Å². The number of nitrogens with one attached hydrogen (secondary N) is 1. The number of hydrogen-bond donors (Lipinski definition) is 1. The van der Waals surface area contributed by atoms with Crippen LogP contribution in [0, 0.1) is 5.92 Å². The van der Waals surface area contributed by atoms with E-state index < -0.39 is 5.92 Å². The fraction of sp³-hybridized carbons (Fsp3) is 0.800. The molecule has 1 aliphatic heterocycles. The van der Waals surface area contributed by atoms with Crippen molar-refractivity contribution in [2.24, 2.45) is 5.92 Å². The average molecular weight is 218 g/mol. The van der Waals surface area contributed by atoms with Crippen LogP contribution in [0.15, 0.2) is 0 Å². The van der Waals surface area contributed by atoms with E-state index in [1.807, 2.05) is 0 Å². The Kier molecular flexibility index (Phi) is 4.94. The van der Waals surface area contributed by atoms with Crippen molar-refractivity contribution in [1.82, 2.24) is 5.32 Å². The topological polar surface area (TPSA) is 46.2 Å². The standard InChI is InChI=1S/C10H16ClNO2/c11-6-3-5-9(13)8-4-1-2-7-12-10(8)14/h8H,1-7H2,(H,12,14). The molecule has 0 aliphatic carbocycles. The molecule has 80 valence electrons. The third kappa shape index (κ3) is 3.29. The molecule has 1 heterocycles. The van der Waals surface area contributed by atoms with E-state index in [1.54, 1.807) is 0 Å². The van der Waals surface area contributed by atoms with Gasteiger partial charge in [-0.3, -0.25) is 9.59 Å². The third-order valence-electron chi connectivity index (χ3n) is 2.48. The Morgan fingerprint density at radius 2 is 2.29 bits per heavy atom. The molecule has 3 nitrogen and oxygen atoms in total. The molecule has 1 rings (SSSR count). The van der Waals surface area contributed by atoms with Crippen LogP contribution in [-0.4, -0.2) is 24.1 Å². The average Bonchev–Trinajstić information content (AvgIpc) is 2.39. The summed E-state index contributed by atoms with van der Waals surface area (Å²) in [6.07, 6.45) is 3.74. The summed E-state index contributed by atoms with van der Waals surface area (Å²) in [6.45, 7) is 0.706. The minimum Gasteiger partial charge on any atom is -0.355 e. The number of ketones is 1. The lowest BCUT2D eigenvalue weighted by molar-refractivity contribution is -0.133. The van der Waals surface area contributed by atoms with Crippen molar-refractivity contribution < 1.29 is 9.59 Å². The highest BCUT2D eigenvalue weighted by molar-refractivity contribution is 6.18. The summed E-state index contributed by atoms with van der Waals surface area (Å²) in [5, 5.41) is 2.76. The fourth-order valence-corrected chi connectivity index (χ4v) is 1.80. The first-order valence-corrected chi connectivity index (χ1v) is 5.65. The molecule has 1 fully saturated rings. The number of alkyl halides is 1. The van der Waals surface area contributed by atoms with E-state index in [4.69, 9.17) is 11.6 Å². The Balaban J connectivity index is 2.46. The second kappa shape index (κ2) is 6.02. The van der Waals surface area contributed by atoms with Crippen LogP contribution in [0.3, 0.4) is 0 Å². The van der Waals surface area contributed by atoms with Crippen LogP contribution in [0.5, 0.6) is 0 Å². The van der Waals surface area contributed by atoms with Gasteiger partial charge in [-0.05, 0) is 19.3 Å². The maximum atomic E-state index is 11.6. The van der Waals surface area contributed by atoms with Gasteiger partial charge in [0.15, 0.2) is 0 Å². The van der Waals surface area contributed by atoms with Crippen molar-refractivity contribution in [3.63, 3.8) is 0 Å². The highest BCUT2D eigenvalue weighted by atomic mass is 35.5. The monoisotopic (exact) mass is 217 g/mol. The largest absolute Gasteiger partial charge is 0.355 e. The van der Waals surface area contributed by atoms with E-state index in [2.05, 4.69) is 5.32 Å². The zero-order valence-corrected chi connectivity index (χ0v) is 8.98. The van der Waals surface area contributed by atoms with Crippen LogP contribution in [0.4, 0.5) is 0 Å². The minimum absolute atomic E-state index is 0.0463. The lowest BCUT2D eigenvalue weighted by atomic mass is 9.95. The highest BCUT2D eigenvalue weighted by Crippen LogP contribution is 2.15. The van der Waals surface area contributed by atoms with Gasteiger partial charge in [-0.15, -0.1) is 11.6 Å². The summed E-state index contributed by atoms with van der Waals surface area (Å²) < 4.78 is 0. The predicted octanol–water partition coefficient (Wildman–Crippen LogP) is 1.49. The van der Waals surface area contributed by atoms with Gasteiger partial charge < -0.3 is 5.32 Å². The number of halogens is 1. The molecule has 0 bridgehead atoms. The summed E-state index contributed by atoms with van der Waals surface area (Å²) in [6, 6.07) is 0. The van der Waals surface area contributed by atoms with Gasteiger partial charge in [0.2, 0.25) is 5.91 Å². The smallest absolute Gasteiger partial charge is 0.230 e. The summed E-state index contributed by atoms with van der Waals surface area (Å²) in [7, 11) is 0. The summed E-state index contributed by atoms with van der Waals surface area (Å²) >= 11 is 5.50. The first-order valence-electron chi connectivity index (χ1n) is 5.12. The van der Waals surface area contributed by atoms with Crippen LogP contribution in [0.2, 0.25) is 0 Å². The SMILES string of the molecule is O=C(CCCCl)C1CCCCNC1=O. The van der Waals surface area contributed by atoms with Crippen molar-refractivity contribution in [2.45, 2.75) is 32.1 Å². The Morgan fingerprint density at radius 3 is 3.00 bits per heavy atom. The quantitative estimate of drug-likeness (QED) is 0.573. The van der Waals surface area contributed by atoms with E-state index in [9.17, 15) is 9.59 Å². The van der Waals surface area contributed by atoms with E-state index >= 15 is 0 Å². The first kappa shape index (κ1) is 11.5. The zero-order chi connectivity index (χ0) is 10.4. The first-order chi connectivity index (χ1) is 6.75. The van der Waals surface area contributed by atoms with E-state index in [-0.39, 0.29) is 11.7 Å². The normalized spacial score (nSPS) is 22.6. The Labute approximate surface area is 89.2 Å². The summed E-state index contributed by atoms with van der Waals surface area (Å²) in [4.78, 5) is 23.1.